The number of benzene rings is 2. The Labute approximate surface area is 118 Å². The molecule has 0 saturated carbocycles. The Morgan fingerprint density at radius 1 is 0.900 bits per heavy atom. The molecule has 1 aliphatic rings. The SMILES string of the molecule is Nc1ccccc1/C=C/C=C1/C=Cc2ccccc2N1. The van der Waals surface area contributed by atoms with E-state index in [4.69, 9.17) is 5.73 Å². The second-order valence-electron chi connectivity index (χ2n) is 4.66. The third-order valence-corrected chi connectivity index (χ3v) is 3.23. The van der Waals surface area contributed by atoms with Gasteiger partial charge in [-0.3, -0.25) is 0 Å². The molecule has 3 rings (SSSR count). The van der Waals surface area contributed by atoms with Gasteiger partial charge >= 0.3 is 0 Å². The summed E-state index contributed by atoms with van der Waals surface area (Å²) in [6, 6.07) is 16.1. The van der Waals surface area contributed by atoms with Crippen LogP contribution in [0.4, 0.5) is 11.4 Å². The lowest BCUT2D eigenvalue weighted by molar-refractivity contribution is 1.44. The molecule has 0 fully saturated rings. The van der Waals surface area contributed by atoms with Crippen molar-refractivity contribution in [2.24, 2.45) is 0 Å². The van der Waals surface area contributed by atoms with Gasteiger partial charge in [0.25, 0.3) is 0 Å². The highest BCUT2D eigenvalue weighted by Gasteiger charge is 2.04. The van der Waals surface area contributed by atoms with E-state index in [1.807, 2.05) is 54.6 Å². The van der Waals surface area contributed by atoms with Gasteiger partial charge in [-0.25, -0.2) is 0 Å². The maximum atomic E-state index is 5.90. The quantitative estimate of drug-likeness (QED) is 0.790. The van der Waals surface area contributed by atoms with E-state index in [-0.39, 0.29) is 0 Å². The van der Waals surface area contributed by atoms with E-state index in [0.29, 0.717) is 0 Å². The van der Waals surface area contributed by atoms with Gasteiger partial charge < -0.3 is 11.1 Å². The Balaban J connectivity index is 1.77. The molecular formula is C18H16N2. The largest absolute Gasteiger partial charge is 0.398 e. The van der Waals surface area contributed by atoms with E-state index < -0.39 is 0 Å². The van der Waals surface area contributed by atoms with Crippen LogP contribution in [0.5, 0.6) is 0 Å². The molecule has 0 bridgehead atoms. The number of para-hydroxylation sites is 2. The van der Waals surface area contributed by atoms with E-state index in [9.17, 15) is 0 Å². The monoisotopic (exact) mass is 260 g/mol. The summed E-state index contributed by atoms with van der Waals surface area (Å²) >= 11 is 0. The molecule has 20 heavy (non-hydrogen) atoms. The smallest absolute Gasteiger partial charge is 0.0457 e. The lowest BCUT2D eigenvalue weighted by atomic mass is 10.1. The van der Waals surface area contributed by atoms with Gasteiger partial charge in [0.05, 0.1) is 0 Å². The number of nitrogen functional groups attached to an aromatic ring is 1. The van der Waals surface area contributed by atoms with Crippen LogP contribution in [-0.2, 0) is 0 Å². The summed E-state index contributed by atoms with van der Waals surface area (Å²) in [5.74, 6) is 0. The van der Waals surface area contributed by atoms with Crippen LogP contribution in [0, 0.1) is 0 Å². The first-order valence-electron chi connectivity index (χ1n) is 6.60. The molecule has 0 aliphatic carbocycles. The molecule has 0 saturated heterocycles. The first kappa shape index (κ1) is 12.3. The molecule has 2 aromatic rings. The van der Waals surface area contributed by atoms with Crippen molar-refractivity contribution in [3.63, 3.8) is 0 Å². The number of allylic oxidation sites excluding steroid dienone is 3. The summed E-state index contributed by atoms with van der Waals surface area (Å²) in [4.78, 5) is 0. The molecule has 98 valence electrons. The third-order valence-electron chi connectivity index (χ3n) is 3.23. The number of nitrogens with two attached hydrogens (primary N) is 1. The summed E-state index contributed by atoms with van der Waals surface area (Å²) in [6.45, 7) is 0. The molecule has 1 aliphatic heterocycles. The molecule has 0 spiro atoms. The molecule has 0 radical (unpaired) electrons. The molecule has 0 aromatic heterocycles. The number of fused-ring (bicyclic) bond motifs is 1. The fourth-order valence-corrected chi connectivity index (χ4v) is 2.15. The van der Waals surface area contributed by atoms with Crippen molar-refractivity contribution in [3.05, 3.63) is 83.6 Å². The minimum atomic E-state index is 0.791. The Bertz CT molecular complexity index is 709. The number of hydrogen-bond acceptors (Lipinski definition) is 2. The second-order valence-corrected chi connectivity index (χ2v) is 4.66. The van der Waals surface area contributed by atoms with Crippen LogP contribution in [0.1, 0.15) is 11.1 Å². The van der Waals surface area contributed by atoms with E-state index in [1.165, 1.54) is 5.56 Å². The maximum Gasteiger partial charge on any atom is 0.0457 e. The zero-order valence-electron chi connectivity index (χ0n) is 11.1. The van der Waals surface area contributed by atoms with Crippen LogP contribution in [0.25, 0.3) is 12.2 Å². The predicted molar refractivity (Wildman–Crippen MR) is 87.1 cm³/mol. The van der Waals surface area contributed by atoms with Gasteiger partial charge in [-0.1, -0.05) is 54.6 Å². The summed E-state index contributed by atoms with van der Waals surface area (Å²) in [5.41, 5.74) is 11.1. The lowest BCUT2D eigenvalue weighted by Crippen LogP contribution is -2.02. The molecule has 1 heterocycles. The summed E-state index contributed by atoms with van der Waals surface area (Å²) in [5, 5.41) is 3.39. The minimum absolute atomic E-state index is 0.791. The molecular weight excluding hydrogens is 244 g/mol. The normalized spacial score (nSPS) is 15.3. The van der Waals surface area contributed by atoms with Crippen molar-refractivity contribution >= 4 is 23.5 Å². The number of rotatable bonds is 2. The Morgan fingerprint density at radius 2 is 1.70 bits per heavy atom. The number of anilines is 2. The standard InChI is InChI=1S/C18H16N2/c19-17-10-3-1-6-14(17)8-5-9-16-13-12-15-7-2-4-11-18(15)20-16/h1-13,20H,19H2/b8-5+,16-9-. The van der Waals surface area contributed by atoms with Gasteiger partial charge in [-0.05, 0) is 35.4 Å². The van der Waals surface area contributed by atoms with E-state index in [1.54, 1.807) is 0 Å². The van der Waals surface area contributed by atoms with Gasteiger partial charge in [0.1, 0.15) is 0 Å². The van der Waals surface area contributed by atoms with Gasteiger partial charge in [0.2, 0.25) is 0 Å². The van der Waals surface area contributed by atoms with Gasteiger partial charge in [0.15, 0.2) is 0 Å². The van der Waals surface area contributed by atoms with Gasteiger partial charge in [-0.2, -0.15) is 0 Å². The van der Waals surface area contributed by atoms with Crippen LogP contribution in [-0.4, -0.2) is 0 Å². The average molecular weight is 260 g/mol. The third kappa shape index (κ3) is 2.64. The zero-order chi connectivity index (χ0) is 13.8. The van der Waals surface area contributed by atoms with Crippen molar-refractivity contribution in [1.29, 1.82) is 0 Å². The molecule has 2 heteroatoms. The summed E-state index contributed by atoms with van der Waals surface area (Å²) in [6.07, 6.45) is 10.2. The molecule has 2 aromatic carbocycles. The van der Waals surface area contributed by atoms with Crippen LogP contribution in [0.3, 0.4) is 0 Å². The van der Waals surface area contributed by atoms with Crippen molar-refractivity contribution in [2.45, 2.75) is 0 Å². The van der Waals surface area contributed by atoms with Crippen LogP contribution in [0.15, 0.2) is 72.5 Å². The lowest BCUT2D eigenvalue weighted by Gasteiger charge is -2.14. The fraction of sp³-hybridized carbons (Fsp3) is 0. The zero-order valence-corrected chi connectivity index (χ0v) is 11.1. The van der Waals surface area contributed by atoms with Crippen LogP contribution < -0.4 is 11.1 Å². The maximum absolute atomic E-state index is 5.90. The molecule has 0 atom stereocenters. The highest BCUT2D eigenvalue weighted by Crippen LogP contribution is 2.24. The highest BCUT2D eigenvalue weighted by atomic mass is 14.9. The van der Waals surface area contributed by atoms with Crippen molar-refractivity contribution in [1.82, 2.24) is 0 Å². The Morgan fingerprint density at radius 3 is 2.60 bits per heavy atom. The van der Waals surface area contributed by atoms with Crippen molar-refractivity contribution in [2.75, 3.05) is 11.1 Å². The summed E-state index contributed by atoms with van der Waals surface area (Å²) in [7, 11) is 0. The first-order valence-corrected chi connectivity index (χ1v) is 6.60. The van der Waals surface area contributed by atoms with Crippen molar-refractivity contribution < 1.29 is 0 Å². The fourth-order valence-electron chi connectivity index (χ4n) is 2.15. The average Bonchev–Trinajstić information content (AvgIpc) is 2.49. The molecule has 2 nitrogen and oxygen atoms in total. The summed E-state index contributed by atoms with van der Waals surface area (Å²) < 4.78 is 0. The van der Waals surface area contributed by atoms with Crippen molar-refractivity contribution in [3.8, 4) is 0 Å². The van der Waals surface area contributed by atoms with Gasteiger partial charge in [0, 0.05) is 17.1 Å². The highest BCUT2D eigenvalue weighted by molar-refractivity contribution is 5.75. The predicted octanol–water partition coefficient (Wildman–Crippen LogP) is 4.30. The number of nitrogens with one attached hydrogen (secondary N) is 1. The van der Waals surface area contributed by atoms with E-state index in [2.05, 4.69) is 29.6 Å². The van der Waals surface area contributed by atoms with E-state index >= 15 is 0 Å². The topological polar surface area (TPSA) is 38.0 Å². The Kier molecular flexibility index (Phi) is 3.38. The van der Waals surface area contributed by atoms with Gasteiger partial charge in [-0.15, -0.1) is 0 Å². The van der Waals surface area contributed by atoms with Crippen LogP contribution >= 0.6 is 0 Å². The molecule has 0 unspecified atom stereocenters. The minimum Gasteiger partial charge on any atom is -0.398 e. The first-order chi connectivity index (χ1) is 9.83. The molecule has 0 amide bonds. The van der Waals surface area contributed by atoms with Crippen LogP contribution in [0.2, 0.25) is 0 Å². The molecule has 3 N–H and O–H groups in total. The second kappa shape index (κ2) is 5.49. The van der Waals surface area contributed by atoms with E-state index in [0.717, 1.165) is 22.6 Å². The Hall–Kier alpha value is -2.74. The number of hydrogen-bond donors (Lipinski definition) is 2.